The van der Waals surface area contributed by atoms with Crippen LogP contribution in [0.15, 0.2) is 25.3 Å². The fourth-order valence-electron chi connectivity index (χ4n) is 8.49. The van der Waals surface area contributed by atoms with E-state index in [0.29, 0.717) is 0 Å². The number of hydrogen-bond acceptors (Lipinski definition) is 34. The molecule has 460 valence electrons. The lowest BCUT2D eigenvalue weighted by molar-refractivity contribution is -0.280. The highest BCUT2D eigenvalue weighted by Crippen LogP contribution is 2.63. The zero-order chi connectivity index (χ0) is 60.6. The van der Waals surface area contributed by atoms with Gasteiger partial charge in [-0.15, -0.1) is 0 Å². The summed E-state index contributed by atoms with van der Waals surface area (Å²) in [7, 11) is -21.9. The number of aliphatic hydroxyl groups excluding tert-OH is 8. The Morgan fingerprint density at radius 2 is 0.988 bits per heavy atom. The molecule has 4 aliphatic heterocycles. The molecule has 4 aromatic rings. The van der Waals surface area contributed by atoms with Crippen LogP contribution in [-0.2, 0) is 83.0 Å². The number of carbonyl (C=O) groups is 2. The first-order chi connectivity index (χ1) is 38.2. The van der Waals surface area contributed by atoms with Crippen molar-refractivity contribution in [2.75, 3.05) is 37.9 Å². The van der Waals surface area contributed by atoms with E-state index in [-0.39, 0.29) is 40.6 Å². The molecule has 4 saturated heterocycles. The fraction of sp³-hybridized carbons (Fsp3) is 0.684. The molecule has 0 spiro atoms. The summed E-state index contributed by atoms with van der Waals surface area (Å²) in [5, 5.41) is 80.3. The van der Waals surface area contributed by atoms with Crippen LogP contribution < -0.4 is 11.5 Å². The largest absolute Gasteiger partial charge is 0.483 e. The summed E-state index contributed by atoms with van der Waals surface area (Å²) in [5.41, 5.74) is 12.2. The lowest BCUT2D eigenvalue weighted by atomic mass is 9.83. The first-order valence-corrected chi connectivity index (χ1v) is 29.8. The molecule has 0 saturated carbocycles. The van der Waals surface area contributed by atoms with Gasteiger partial charge in [-0.1, -0.05) is 13.8 Å². The molecule has 8 rings (SSSR count). The second-order valence-electron chi connectivity index (χ2n) is 18.4. The van der Waals surface area contributed by atoms with Crippen molar-refractivity contribution < 1.29 is 143 Å². The summed E-state index contributed by atoms with van der Waals surface area (Å²) in [6.45, 7) is 2.60. The number of phosphoric ester groups is 4. The second-order valence-corrected chi connectivity index (χ2v) is 24.4. The van der Waals surface area contributed by atoms with Gasteiger partial charge in [-0.3, -0.25) is 36.8 Å². The quantitative estimate of drug-likeness (QED) is 0.0295. The molecule has 40 nitrogen and oxygen atoms in total. The van der Waals surface area contributed by atoms with Gasteiger partial charge in [0.1, 0.15) is 91.3 Å². The monoisotopic (exact) mass is 1260 g/mol. The van der Waals surface area contributed by atoms with Crippen molar-refractivity contribution in [1.29, 1.82) is 0 Å². The number of nitrogens with zero attached hydrogens (tertiary/aromatic N) is 8. The summed E-state index contributed by atoms with van der Waals surface area (Å²) >= 11 is 0. The number of aliphatic hydroxyl groups is 8. The zero-order valence-electron chi connectivity index (χ0n) is 42.8. The highest BCUT2D eigenvalue weighted by Gasteiger charge is 2.52. The predicted molar refractivity (Wildman–Crippen MR) is 260 cm³/mol. The van der Waals surface area contributed by atoms with Crippen LogP contribution >= 0.6 is 31.3 Å². The van der Waals surface area contributed by atoms with Gasteiger partial charge >= 0.3 is 43.2 Å². The average Bonchev–Trinajstić information content (AvgIpc) is 4.22. The first kappa shape index (κ1) is 65.2. The number of phosphoric acid groups is 4. The highest BCUT2D eigenvalue weighted by molar-refractivity contribution is 7.61. The van der Waals surface area contributed by atoms with E-state index in [0.717, 1.165) is 19.6 Å². The molecule has 4 fully saturated rings. The van der Waals surface area contributed by atoms with Gasteiger partial charge in [0, 0.05) is 19.8 Å². The molecule has 82 heavy (non-hydrogen) atoms. The average molecular weight is 1260 g/mol. The molecule has 0 amide bonds. The van der Waals surface area contributed by atoms with Crippen LogP contribution in [0.5, 0.6) is 0 Å². The molecule has 8 heterocycles. The van der Waals surface area contributed by atoms with Crippen molar-refractivity contribution in [3.63, 3.8) is 0 Å². The van der Waals surface area contributed by atoms with E-state index in [1.807, 2.05) is 0 Å². The molecule has 0 aliphatic carbocycles. The number of esters is 2. The number of anilines is 2. The van der Waals surface area contributed by atoms with Gasteiger partial charge in [0.05, 0.1) is 38.6 Å². The van der Waals surface area contributed by atoms with Gasteiger partial charge in [0.2, 0.25) is 6.29 Å². The Bertz CT molecular complexity index is 3090. The predicted octanol–water partition coefficient (Wildman–Crippen LogP) is -4.15. The van der Waals surface area contributed by atoms with Gasteiger partial charge in [0.25, 0.3) is 0 Å². The van der Waals surface area contributed by atoms with Gasteiger partial charge in [-0.05, 0) is 5.92 Å². The van der Waals surface area contributed by atoms with Gasteiger partial charge in [0.15, 0.2) is 47.8 Å². The molecule has 44 heteroatoms. The van der Waals surface area contributed by atoms with Gasteiger partial charge < -0.3 is 100 Å². The highest BCUT2D eigenvalue weighted by atomic mass is 31.3. The third-order valence-electron chi connectivity index (χ3n) is 12.8. The van der Waals surface area contributed by atoms with Crippen molar-refractivity contribution in [3.05, 3.63) is 25.3 Å². The molecule has 0 bridgehead atoms. The second kappa shape index (κ2) is 26.1. The number of nitrogen functional groups attached to an aromatic ring is 2. The zero-order valence-corrected chi connectivity index (χ0v) is 46.3. The molecular weight excluding hydrogens is 1200 g/mol. The Hall–Kier alpha value is -4.32. The maximum atomic E-state index is 12.8. The number of imidazole rings is 2. The van der Waals surface area contributed by atoms with Crippen LogP contribution in [0.25, 0.3) is 22.3 Å². The van der Waals surface area contributed by atoms with Crippen molar-refractivity contribution in [1.82, 2.24) is 39.0 Å². The van der Waals surface area contributed by atoms with Crippen molar-refractivity contribution in [2.24, 2.45) is 11.8 Å². The Morgan fingerprint density at radius 3 is 1.43 bits per heavy atom. The van der Waals surface area contributed by atoms with Crippen LogP contribution in [0.3, 0.4) is 0 Å². The van der Waals surface area contributed by atoms with Crippen molar-refractivity contribution >= 4 is 77.2 Å². The lowest BCUT2D eigenvalue weighted by Crippen LogP contribution is -2.58. The Labute approximate surface area is 459 Å². The molecule has 0 radical (unpaired) electrons. The number of nitrogens with two attached hydrogens (primary N) is 2. The summed E-state index contributed by atoms with van der Waals surface area (Å²) < 4.78 is 112. The topological polar surface area (TPSA) is 595 Å². The molecule has 10 unspecified atom stereocenters. The number of rotatable bonds is 20. The van der Waals surface area contributed by atoms with E-state index in [1.54, 1.807) is 13.8 Å². The first-order valence-electron chi connectivity index (χ1n) is 23.8. The van der Waals surface area contributed by atoms with E-state index in [4.69, 9.17) is 54.0 Å². The molecule has 4 aromatic heterocycles. The van der Waals surface area contributed by atoms with E-state index in [9.17, 15) is 83.2 Å². The number of aromatic nitrogens is 8. The van der Waals surface area contributed by atoms with Gasteiger partial charge in [-0.2, -0.15) is 8.62 Å². The molecule has 22 atom stereocenters. The van der Waals surface area contributed by atoms with Crippen LogP contribution in [0.2, 0.25) is 0 Å². The third-order valence-corrected chi connectivity index (χ3v) is 18.0. The number of hydrogen-bond donors (Lipinski definition) is 14. The number of ether oxygens (including phenoxy) is 6. The van der Waals surface area contributed by atoms with E-state index >= 15 is 0 Å². The molecular formula is C38H58N10O30P4. The maximum Gasteiger partial charge on any atom is 0.483 e. The van der Waals surface area contributed by atoms with Crippen molar-refractivity contribution in [2.45, 2.75) is 126 Å². The molecule has 16 N–H and O–H groups in total. The van der Waals surface area contributed by atoms with Crippen molar-refractivity contribution in [3.8, 4) is 0 Å². The number of fused-ring (bicyclic) bond motifs is 2. The lowest BCUT2D eigenvalue weighted by Gasteiger charge is -2.43. The minimum Gasteiger partial charge on any atom is -0.463 e. The molecule has 0 aromatic carbocycles. The summed E-state index contributed by atoms with van der Waals surface area (Å²) in [4.78, 5) is 86.9. The number of carbonyl (C=O) groups excluding carboxylic acids is 2. The Morgan fingerprint density at radius 1 is 0.549 bits per heavy atom. The smallest absolute Gasteiger partial charge is 0.463 e. The molecule has 4 aliphatic rings. The standard InChI is InChI=1S/C22H33N5O15P2.C16H25N5O15P2/c1-9-10(2)18(38-12(4)29)22(40-13(9)5-36-11(3)28)41-44(34,35)42-43(32,33)37-6-14-16(30)17(31)21(39-14)27-8-26-15-19(23)24-7-25-20(15)27;17-13-7-14(19-3-18-13)21(4-20-7)15-11(26)9(24)6(33-15)2-32-37(28,29)36-38(30,31)35-16-12(27)10(25)8(23)5(1-22)34-16/h7-10,13-14,16-18,21-22,30-31H,5-6H2,1-4H3,(H,32,33)(H,34,35)(H2,23,24,25);3-6,8-12,15-16,22-27H,1-2H2,(H,28,29)(H,30,31)(H2,17,18,19)/t9-,10-,13?,14+,16?,17-,18?,21+,22-;5?,6-,8-,9?,10+,11+,12?,15-,16+/m01/s1. The van der Waals surface area contributed by atoms with E-state index in [1.165, 1.54) is 28.7 Å². The fourth-order valence-corrected chi connectivity index (χ4v) is 12.8. The minimum atomic E-state index is -5.56. The third kappa shape index (κ3) is 15.2. The van der Waals surface area contributed by atoms with E-state index in [2.05, 4.69) is 47.6 Å². The summed E-state index contributed by atoms with van der Waals surface area (Å²) in [6.07, 6.45) is -20.8. The SMILES string of the molecule is CC(=O)OCC1O[C@@H](OP(=O)(O)OP(=O)(O)OC[C@H]2O[C@@H](n3cnc4c(N)ncnc43)[C@@H](O)C2O)C(OC(C)=O)[C@@H](C)[C@@H]1C.Nc1ncnc2c1ncn2[C@@H]1O[C@H](COP(=O)(O)OP(=O)(O)O[C@@H]2OC(CO)[C@@H](O)[C@H](O)C2O)C(O)[C@@H]1O. The van der Waals surface area contributed by atoms with Crippen LogP contribution in [0.4, 0.5) is 11.6 Å². The minimum absolute atomic E-state index is 0.0411. The van der Waals surface area contributed by atoms with Crippen LogP contribution in [-0.4, -0.2) is 224 Å². The maximum absolute atomic E-state index is 12.8. The van der Waals surface area contributed by atoms with E-state index < -0.39 is 173 Å². The normalized spacial score (nSPS) is 35.2. The van der Waals surface area contributed by atoms with Crippen LogP contribution in [0, 0.1) is 11.8 Å². The summed E-state index contributed by atoms with van der Waals surface area (Å²) in [6, 6.07) is 0. The Kier molecular flexibility index (Phi) is 20.8. The van der Waals surface area contributed by atoms with Gasteiger partial charge in [-0.25, -0.2) is 48.2 Å². The Balaban J connectivity index is 0.000000239. The van der Waals surface area contributed by atoms with Crippen LogP contribution in [0.1, 0.15) is 40.2 Å². The summed E-state index contributed by atoms with van der Waals surface area (Å²) in [5.74, 6) is -2.26.